The third kappa shape index (κ3) is 30.6. The Hall–Kier alpha value is -1.59. The molecule has 0 radical (unpaired) electrons. The lowest BCUT2D eigenvalue weighted by molar-refractivity contribution is -0.157. The lowest BCUT2D eigenvalue weighted by atomic mass is 10.2. The predicted molar refractivity (Wildman–Crippen MR) is 117 cm³/mol. The summed E-state index contributed by atoms with van der Waals surface area (Å²) in [5.74, 6) is -0.537. The van der Waals surface area contributed by atoms with Gasteiger partial charge in [0.1, 0.15) is 24.1 Å². The number of aliphatic hydroxyl groups excluding tert-OH is 1. The van der Waals surface area contributed by atoms with Gasteiger partial charge in [0.15, 0.2) is 0 Å². The Morgan fingerprint density at radius 3 is 1.38 bits per heavy atom. The van der Waals surface area contributed by atoms with E-state index in [2.05, 4.69) is 0 Å². The molecule has 32 heavy (non-hydrogen) atoms. The molecule has 0 saturated heterocycles. The summed E-state index contributed by atoms with van der Waals surface area (Å²) in [6.07, 6.45) is 1.16. The lowest BCUT2D eigenvalue weighted by Gasteiger charge is -2.19. The van der Waals surface area contributed by atoms with Crippen LogP contribution in [0.1, 0.15) is 54.4 Å². The van der Waals surface area contributed by atoms with Crippen molar-refractivity contribution in [3.8, 4) is 0 Å². The molecule has 0 spiro atoms. The number of carbonyl (C=O) groups is 3. The van der Waals surface area contributed by atoms with Crippen molar-refractivity contribution < 1.29 is 47.9 Å². The Kier molecular flexibility index (Phi) is 20.4. The zero-order valence-corrected chi connectivity index (χ0v) is 20.5. The minimum Gasteiger partial charge on any atom is -0.460 e. The van der Waals surface area contributed by atoms with Crippen LogP contribution in [0.3, 0.4) is 0 Å². The number of esters is 2. The first-order valence-electron chi connectivity index (χ1n) is 10.7. The van der Waals surface area contributed by atoms with Crippen LogP contribution < -0.4 is 0 Å². The summed E-state index contributed by atoms with van der Waals surface area (Å²) in [6.45, 7) is 13.6. The van der Waals surface area contributed by atoms with E-state index in [0.29, 0.717) is 52.5 Å². The van der Waals surface area contributed by atoms with Crippen molar-refractivity contribution in [3.05, 3.63) is 0 Å². The fourth-order valence-electron chi connectivity index (χ4n) is 1.83. The monoisotopic (exact) mass is 466 g/mol. The third-order valence-corrected chi connectivity index (χ3v) is 2.91. The van der Waals surface area contributed by atoms with Crippen LogP contribution in [-0.4, -0.2) is 94.0 Å². The minimum atomic E-state index is -0.454. The van der Waals surface area contributed by atoms with Crippen LogP contribution in [0.4, 0.5) is 0 Å². The Morgan fingerprint density at radius 1 is 0.656 bits per heavy atom. The molecule has 0 aromatic heterocycles. The Morgan fingerprint density at radius 2 is 1.03 bits per heavy atom. The molecule has 0 saturated carbocycles. The van der Waals surface area contributed by atoms with E-state index < -0.39 is 11.2 Å². The van der Waals surface area contributed by atoms with Gasteiger partial charge in [-0.15, -0.1) is 0 Å². The number of ether oxygens (including phenoxy) is 6. The van der Waals surface area contributed by atoms with Crippen molar-refractivity contribution in [2.45, 2.75) is 65.6 Å². The van der Waals surface area contributed by atoms with Gasteiger partial charge in [0, 0.05) is 0 Å². The maximum atomic E-state index is 11.2. The highest BCUT2D eigenvalue weighted by molar-refractivity contribution is 5.70. The second kappa shape index (κ2) is 20.0. The van der Waals surface area contributed by atoms with E-state index in [4.69, 9.17) is 33.5 Å². The first-order chi connectivity index (χ1) is 14.9. The zero-order valence-electron chi connectivity index (χ0n) is 20.5. The van der Waals surface area contributed by atoms with E-state index in [1.54, 1.807) is 0 Å². The second-order valence-corrected chi connectivity index (χ2v) is 8.48. The number of hydrogen-bond donors (Lipinski definition) is 1. The summed E-state index contributed by atoms with van der Waals surface area (Å²) in [4.78, 5) is 32.3. The molecule has 10 heteroatoms. The number of carbonyl (C=O) groups excluding carboxylic acids is 3. The van der Waals surface area contributed by atoms with Crippen LogP contribution in [0.2, 0.25) is 0 Å². The fraction of sp³-hybridized carbons (Fsp3) is 0.864. The van der Waals surface area contributed by atoms with E-state index >= 15 is 0 Å². The summed E-state index contributed by atoms with van der Waals surface area (Å²) >= 11 is 0. The molecular formula is C22H42O10. The molecule has 0 aliphatic heterocycles. The maximum Gasteiger partial charge on any atom is 0.308 e. The van der Waals surface area contributed by atoms with Crippen molar-refractivity contribution in [1.82, 2.24) is 0 Å². The van der Waals surface area contributed by atoms with Crippen molar-refractivity contribution in [1.29, 1.82) is 0 Å². The highest BCUT2D eigenvalue weighted by Crippen LogP contribution is 2.08. The average molecular weight is 467 g/mol. The molecule has 0 rings (SSSR count). The van der Waals surface area contributed by atoms with Crippen molar-refractivity contribution in [3.63, 3.8) is 0 Å². The number of rotatable bonds is 16. The molecule has 0 bridgehead atoms. The highest BCUT2D eigenvalue weighted by Gasteiger charge is 2.16. The van der Waals surface area contributed by atoms with E-state index in [9.17, 15) is 14.4 Å². The zero-order chi connectivity index (χ0) is 24.9. The molecule has 0 aromatic rings. The highest BCUT2D eigenvalue weighted by atomic mass is 16.6. The molecule has 190 valence electrons. The fourth-order valence-corrected chi connectivity index (χ4v) is 1.83. The van der Waals surface area contributed by atoms with Gasteiger partial charge in [-0.2, -0.15) is 0 Å². The standard InChI is InChI=1S/C11H22O5.C11H20O5/c2*1-11(2,3)16-10(13)4-6-14-8-9-15-7-5-12/h12H,4-9H2,1-3H3;5H,4,6-9H2,1-3H3. The molecule has 1 N–H and O–H groups in total. The predicted octanol–water partition coefficient (Wildman–Crippen LogP) is 1.69. The van der Waals surface area contributed by atoms with Crippen LogP contribution in [0.15, 0.2) is 0 Å². The van der Waals surface area contributed by atoms with Gasteiger partial charge in [0.25, 0.3) is 0 Å². The van der Waals surface area contributed by atoms with Crippen molar-refractivity contribution in [2.24, 2.45) is 0 Å². The number of aldehydes is 1. The normalized spacial score (nSPS) is 11.3. The molecule has 0 fully saturated rings. The largest absolute Gasteiger partial charge is 0.460 e. The van der Waals surface area contributed by atoms with Gasteiger partial charge in [-0.1, -0.05) is 0 Å². The summed E-state index contributed by atoms with van der Waals surface area (Å²) in [5.41, 5.74) is -0.897. The topological polar surface area (TPSA) is 127 Å². The van der Waals surface area contributed by atoms with Gasteiger partial charge in [-0.25, -0.2) is 0 Å². The van der Waals surface area contributed by atoms with Crippen molar-refractivity contribution in [2.75, 3.05) is 59.5 Å². The van der Waals surface area contributed by atoms with E-state index in [0.717, 1.165) is 0 Å². The van der Waals surface area contributed by atoms with Crippen LogP contribution >= 0.6 is 0 Å². The molecule has 0 aliphatic carbocycles. The molecule has 0 amide bonds. The SMILES string of the molecule is CC(C)(C)OC(=O)CCOCCOCC=O.CC(C)(C)OC(=O)CCOCCOCCO. The van der Waals surface area contributed by atoms with Crippen LogP contribution in [0.5, 0.6) is 0 Å². The average Bonchev–Trinajstić information content (AvgIpc) is 2.64. The smallest absolute Gasteiger partial charge is 0.308 e. The minimum absolute atomic E-state index is 0.0118. The molecule has 0 aromatic carbocycles. The molecule has 0 aliphatic rings. The summed E-state index contributed by atoms with van der Waals surface area (Å²) in [5, 5.41) is 8.42. The first-order valence-corrected chi connectivity index (χ1v) is 10.7. The van der Waals surface area contributed by atoms with Crippen LogP contribution in [0, 0.1) is 0 Å². The first kappa shape index (κ1) is 32.6. The van der Waals surface area contributed by atoms with E-state index in [1.165, 1.54) is 0 Å². The van der Waals surface area contributed by atoms with Gasteiger partial charge in [0.2, 0.25) is 0 Å². The molecule has 10 nitrogen and oxygen atoms in total. The third-order valence-electron chi connectivity index (χ3n) is 2.91. The molecule has 0 atom stereocenters. The summed E-state index contributed by atoms with van der Waals surface area (Å²) in [6, 6.07) is 0. The Bertz CT molecular complexity index is 480. The van der Waals surface area contributed by atoms with Gasteiger partial charge in [0.05, 0.1) is 65.7 Å². The van der Waals surface area contributed by atoms with Crippen LogP contribution in [-0.2, 0) is 42.8 Å². The lowest BCUT2D eigenvalue weighted by Crippen LogP contribution is -2.24. The van der Waals surface area contributed by atoms with Crippen molar-refractivity contribution >= 4 is 18.2 Å². The second-order valence-electron chi connectivity index (χ2n) is 8.48. The van der Waals surface area contributed by atoms with E-state index in [1.807, 2.05) is 41.5 Å². The maximum absolute atomic E-state index is 11.2. The Balaban J connectivity index is 0. The van der Waals surface area contributed by atoms with E-state index in [-0.39, 0.29) is 38.0 Å². The Labute approximate surface area is 191 Å². The van der Waals surface area contributed by atoms with Gasteiger partial charge in [-0.3, -0.25) is 9.59 Å². The summed E-state index contributed by atoms with van der Waals surface area (Å²) in [7, 11) is 0. The molecule has 0 heterocycles. The van der Waals surface area contributed by atoms with Crippen LogP contribution in [0.25, 0.3) is 0 Å². The van der Waals surface area contributed by atoms with Gasteiger partial charge >= 0.3 is 11.9 Å². The molecule has 0 unspecified atom stereocenters. The quantitative estimate of drug-likeness (QED) is 0.204. The molecular weight excluding hydrogens is 424 g/mol. The summed E-state index contributed by atoms with van der Waals surface area (Å²) < 4.78 is 30.3. The number of hydrogen-bond acceptors (Lipinski definition) is 10. The van der Waals surface area contributed by atoms with Gasteiger partial charge < -0.3 is 38.3 Å². The van der Waals surface area contributed by atoms with Gasteiger partial charge in [-0.05, 0) is 41.5 Å². The number of aliphatic hydroxyl groups is 1.